The monoisotopic (exact) mass is 386 g/mol. The average molecular weight is 386 g/mol. The minimum Gasteiger partial charge on any atom is -0.449 e. The minimum absolute atomic E-state index is 0.0302. The molecular weight excluding hydrogens is 367 g/mol. The van der Waals surface area contributed by atoms with Crippen molar-refractivity contribution < 1.29 is 13.9 Å². The van der Waals surface area contributed by atoms with Crippen molar-refractivity contribution >= 4 is 6.09 Å². The molecule has 1 aliphatic carbocycles. The summed E-state index contributed by atoms with van der Waals surface area (Å²) in [7, 11) is 0. The van der Waals surface area contributed by atoms with Crippen LogP contribution >= 0.6 is 0 Å². The number of hydrogen-bond donors (Lipinski definition) is 1. The summed E-state index contributed by atoms with van der Waals surface area (Å²) in [5, 5.41) is 2.69. The molecule has 5 heteroatoms. The largest absolute Gasteiger partial charge is 0.449 e. The van der Waals surface area contributed by atoms with Crippen molar-refractivity contribution in [1.82, 2.24) is 10.3 Å². The Bertz CT molecular complexity index is 1060. The van der Waals surface area contributed by atoms with Crippen molar-refractivity contribution in [2.75, 3.05) is 13.2 Å². The lowest BCUT2D eigenvalue weighted by Crippen LogP contribution is -2.26. The molecule has 0 spiro atoms. The summed E-state index contributed by atoms with van der Waals surface area (Å²) in [6, 6.07) is 17.9. The van der Waals surface area contributed by atoms with Gasteiger partial charge in [-0.15, -0.1) is 0 Å². The van der Waals surface area contributed by atoms with Gasteiger partial charge in [-0.3, -0.25) is 4.98 Å². The normalized spacial score (nSPS) is 11.8. The number of rotatable bonds is 4. The molecule has 0 saturated carbocycles. The molecule has 2 aromatic carbocycles. The van der Waals surface area contributed by atoms with E-state index in [1.807, 2.05) is 24.3 Å². The van der Waals surface area contributed by atoms with Crippen LogP contribution in [-0.2, 0) is 4.74 Å². The lowest BCUT2D eigenvalue weighted by atomic mass is 9.98. The van der Waals surface area contributed by atoms with Crippen LogP contribution in [0.5, 0.6) is 0 Å². The molecule has 0 atom stereocenters. The molecule has 0 aliphatic heterocycles. The van der Waals surface area contributed by atoms with Crippen molar-refractivity contribution in [2.24, 2.45) is 0 Å². The van der Waals surface area contributed by atoms with Gasteiger partial charge in [0.25, 0.3) is 0 Å². The summed E-state index contributed by atoms with van der Waals surface area (Å²) in [5.74, 6) is 5.14. The Labute approximate surface area is 168 Å². The number of amides is 1. The van der Waals surface area contributed by atoms with Gasteiger partial charge >= 0.3 is 6.09 Å². The Hall–Kier alpha value is -3.65. The fraction of sp³-hybridized carbons (Fsp3) is 0.167. The van der Waals surface area contributed by atoms with E-state index < -0.39 is 11.9 Å². The molecule has 144 valence electrons. The molecule has 0 bridgehead atoms. The summed E-state index contributed by atoms with van der Waals surface area (Å²) in [4.78, 5) is 15.7. The van der Waals surface area contributed by atoms with Crippen LogP contribution in [0.3, 0.4) is 0 Å². The Morgan fingerprint density at radius 3 is 2.45 bits per heavy atom. The highest BCUT2D eigenvalue weighted by atomic mass is 19.1. The van der Waals surface area contributed by atoms with Crippen molar-refractivity contribution in [3.05, 3.63) is 89.5 Å². The van der Waals surface area contributed by atoms with Gasteiger partial charge in [0, 0.05) is 25.1 Å². The first-order valence-electron chi connectivity index (χ1n) is 9.41. The van der Waals surface area contributed by atoms with Crippen LogP contribution in [-0.4, -0.2) is 24.2 Å². The number of carbonyl (C=O) groups is 1. The first-order chi connectivity index (χ1) is 14.2. The number of nitrogens with zero attached hydrogens (tertiary/aromatic N) is 1. The molecule has 0 fully saturated rings. The first-order valence-corrected chi connectivity index (χ1v) is 9.41. The van der Waals surface area contributed by atoms with E-state index in [0.717, 1.165) is 6.20 Å². The predicted molar refractivity (Wildman–Crippen MR) is 109 cm³/mol. The number of ether oxygens (including phenoxy) is 1. The summed E-state index contributed by atoms with van der Waals surface area (Å²) in [6.07, 6.45) is 2.52. The Morgan fingerprint density at radius 2 is 1.76 bits per heavy atom. The van der Waals surface area contributed by atoms with Gasteiger partial charge in [-0.2, -0.15) is 0 Å². The second-order valence-corrected chi connectivity index (χ2v) is 6.66. The predicted octanol–water partition coefficient (Wildman–Crippen LogP) is 4.50. The molecule has 1 aliphatic rings. The summed E-state index contributed by atoms with van der Waals surface area (Å²) < 4.78 is 18.9. The summed E-state index contributed by atoms with van der Waals surface area (Å²) >= 11 is 0. The van der Waals surface area contributed by atoms with Crippen LogP contribution in [0.15, 0.2) is 67.0 Å². The number of alkyl carbamates (subject to hydrolysis) is 1. The third-order valence-electron chi connectivity index (χ3n) is 4.86. The van der Waals surface area contributed by atoms with Crippen molar-refractivity contribution in [1.29, 1.82) is 0 Å². The molecule has 29 heavy (non-hydrogen) atoms. The van der Waals surface area contributed by atoms with E-state index >= 15 is 0 Å². The maximum absolute atomic E-state index is 13.4. The van der Waals surface area contributed by atoms with E-state index in [0.29, 0.717) is 18.5 Å². The standard InChI is InChI=1S/C24H19FN2O2/c25-23-15-26-14-12-17(23)7-5-6-13-27-24(28)29-16-22-20-10-3-1-8-18(20)19-9-2-4-11-21(19)22/h1-4,8-12,14-15,22H,6,13,16H2,(H,27,28). The second kappa shape index (κ2) is 8.57. The Balaban J connectivity index is 1.30. The minimum atomic E-state index is -0.483. The van der Waals surface area contributed by atoms with Gasteiger partial charge in [0.2, 0.25) is 0 Å². The van der Waals surface area contributed by atoms with Gasteiger partial charge in [0.05, 0.1) is 11.8 Å². The SMILES string of the molecule is O=C(NCCC#Cc1ccncc1F)OCC1c2ccccc2-c2ccccc21. The Morgan fingerprint density at radius 1 is 1.07 bits per heavy atom. The van der Waals surface area contributed by atoms with E-state index in [1.54, 1.807) is 0 Å². The van der Waals surface area contributed by atoms with E-state index in [9.17, 15) is 9.18 Å². The molecule has 0 saturated heterocycles. The van der Waals surface area contributed by atoms with Gasteiger partial charge in [-0.05, 0) is 28.3 Å². The van der Waals surface area contributed by atoms with Crippen LogP contribution < -0.4 is 5.32 Å². The van der Waals surface area contributed by atoms with Crippen LogP contribution in [0.25, 0.3) is 11.1 Å². The van der Waals surface area contributed by atoms with E-state index in [2.05, 4.69) is 46.4 Å². The molecule has 0 unspecified atom stereocenters. The lowest BCUT2D eigenvalue weighted by Gasteiger charge is -2.14. The highest BCUT2D eigenvalue weighted by molar-refractivity contribution is 5.79. The molecule has 1 N–H and O–H groups in total. The number of aromatic nitrogens is 1. The average Bonchev–Trinajstić information content (AvgIpc) is 3.07. The smallest absolute Gasteiger partial charge is 0.407 e. The topological polar surface area (TPSA) is 51.2 Å². The molecule has 4 nitrogen and oxygen atoms in total. The number of fused-ring (bicyclic) bond motifs is 3. The van der Waals surface area contributed by atoms with Gasteiger partial charge in [0.15, 0.2) is 5.82 Å². The van der Waals surface area contributed by atoms with Crippen molar-refractivity contribution in [3.8, 4) is 23.0 Å². The van der Waals surface area contributed by atoms with E-state index in [4.69, 9.17) is 4.74 Å². The van der Waals surface area contributed by atoms with Crippen LogP contribution in [0.2, 0.25) is 0 Å². The first kappa shape index (κ1) is 18.7. The molecule has 3 aromatic rings. The van der Waals surface area contributed by atoms with Gasteiger partial charge in [-0.1, -0.05) is 60.4 Å². The Kier molecular flexibility index (Phi) is 5.53. The third-order valence-corrected chi connectivity index (χ3v) is 4.86. The number of pyridine rings is 1. The molecule has 1 aromatic heterocycles. The van der Waals surface area contributed by atoms with Gasteiger partial charge in [-0.25, -0.2) is 9.18 Å². The summed E-state index contributed by atoms with van der Waals surface area (Å²) in [5.41, 5.74) is 5.02. The number of hydrogen-bond acceptors (Lipinski definition) is 3. The molecule has 0 radical (unpaired) electrons. The lowest BCUT2D eigenvalue weighted by molar-refractivity contribution is 0.143. The number of nitrogens with one attached hydrogen (secondary N) is 1. The number of benzene rings is 2. The number of carbonyl (C=O) groups excluding carboxylic acids is 1. The van der Waals surface area contributed by atoms with Crippen LogP contribution in [0.4, 0.5) is 9.18 Å². The zero-order valence-electron chi connectivity index (χ0n) is 15.7. The summed E-state index contributed by atoms with van der Waals surface area (Å²) in [6.45, 7) is 0.601. The third kappa shape index (κ3) is 4.12. The van der Waals surface area contributed by atoms with Crippen LogP contribution in [0.1, 0.15) is 29.0 Å². The zero-order chi connectivity index (χ0) is 20.1. The second-order valence-electron chi connectivity index (χ2n) is 6.66. The molecule has 1 amide bonds. The zero-order valence-corrected chi connectivity index (χ0v) is 15.7. The van der Waals surface area contributed by atoms with Crippen molar-refractivity contribution in [3.63, 3.8) is 0 Å². The van der Waals surface area contributed by atoms with Gasteiger partial charge < -0.3 is 10.1 Å². The fourth-order valence-corrected chi connectivity index (χ4v) is 3.51. The highest BCUT2D eigenvalue weighted by Gasteiger charge is 2.28. The molecule has 4 rings (SSSR count). The molecular formula is C24H19FN2O2. The van der Waals surface area contributed by atoms with E-state index in [-0.39, 0.29) is 12.5 Å². The maximum Gasteiger partial charge on any atom is 0.407 e. The van der Waals surface area contributed by atoms with Crippen LogP contribution in [0, 0.1) is 17.7 Å². The quantitative estimate of drug-likeness (QED) is 0.531. The molecule has 1 heterocycles. The van der Waals surface area contributed by atoms with Gasteiger partial charge in [0.1, 0.15) is 6.61 Å². The fourth-order valence-electron chi connectivity index (χ4n) is 3.51. The van der Waals surface area contributed by atoms with E-state index in [1.165, 1.54) is 34.5 Å². The highest BCUT2D eigenvalue weighted by Crippen LogP contribution is 2.44. The number of halogens is 1. The van der Waals surface area contributed by atoms with Crippen molar-refractivity contribution in [2.45, 2.75) is 12.3 Å². The maximum atomic E-state index is 13.4.